The van der Waals surface area contributed by atoms with E-state index in [9.17, 15) is 0 Å². The summed E-state index contributed by atoms with van der Waals surface area (Å²) in [5.74, 6) is 0. The van der Waals surface area contributed by atoms with Crippen LogP contribution in [-0.4, -0.2) is 4.98 Å². The van der Waals surface area contributed by atoms with Gasteiger partial charge in [-0.15, -0.1) is 0 Å². The number of aryl methyl sites for hydroxylation is 3. The van der Waals surface area contributed by atoms with Crippen LogP contribution in [0.4, 0.5) is 0 Å². The largest absolute Gasteiger partial charge is 0.261 e. The Hall–Kier alpha value is -0.850. The normalized spacial score (nSPS) is 15.3. The van der Waals surface area contributed by atoms with Gasteiger partial charge >= 0.3 is 0 Å². The third-order valence-corrected chi connectivity index (χ3v) is 2.11. The molecule has 1 aromatic rings. The molecule has 2 rings (SSSR count). The molecule has 0 saturated carbocycles. The van der Waals surface area contributed by atoms with Gasteiger partial charge in [-0.25, -0.2) is 0 Å². The van der Waals surface area contributed by atoms with Crippen LogP contribution < -0.4 is 0 Å². The highest BCUT2D eigenvalue weighted by atomic mass is 14.7. The minimum atomic E-state index is 1.15. The van der Waals surface area contributed by atoms with E-state index in [-0.39, 0.29) is 0 Å². The van der Waals surface area contributed by atoms with Crippen molar-refractivity contribution in [1.82, 2.24) is 4.98 Å². The topological polar surface area (TPSA) is 12.9 Å². The van der Waals surface area contributed by atoms with Crippen molar-refractivity contribution < 1.29 is 0 Å². The lowest BCUT2D eigenvalue weighted by Crippen LogP contribution is -1.86. The highest BCUT2D eigenvalue weighted by Gasteiger charge is 2.09. The number of hydrogen-bond donors (Lipinski definition) is 0. The molecule has 0 aliphatic heterocycles. The van der Waals surface area contributed by atoms with Crippen molar-refractivity contribution in [2.45, 2.75) is 26.2 Å². The summed E-state index contributed by atoms with van der Waals surface area (Å²) in [6.45, 7) is 2.05. The molecule has 0 amide bonds. The molecule has 0 unspecified atom stereocenters. The Morgan fingerprint density at radius 1 is 1.30 bits per heavy atom. The smallest absolute Gasteiger partial charge is 0.0375 e. The monoisotopic (exact) mass is 133 g/mol. The van der Waals surface area contributed by atoms with Crippen LogP contribution in [0, 0.1) is 6.92 Å². The number of rotatable bonds is 0. The zero-order valence-electron chi connectivity index (χ0n) is 6.22. The standard InChI is InChI=1S/C9H11N/c1-7-5-8-3-2-4-9(8)6-10-7/h5-6H,2-4H2,1H3. The van der Waals surface area contributed by atoms with Gasteiger partial charge in [0.15, 0.2) is 0 Å². The minimum Gasteiger partial charge on any atom is -0.261 e. The van der Waals surface area contributed by atoms with E-state index in [0.29, 0.717) is 0 Å². The van der Waals surface area contributed by atoms with Gasteiger partial charge < -0.3 is 0 Å². The zero-order chi connectivity index (χ0) is 6.97. The minimum absolute atomic E-state index is 1.15. The van der Waals surface area contributed by atoms with E-state index in [1.165, 1.54) is 30.4 Å². The summed E-state index contributed by atoms with van der Waals surface area (Å²) in [6.07, 6.45) is 5.85. The van der Waals surface area contributed by atoms with Crippen LogP contribution >= 0.6 is 0 Å². The van der Waals surface area contributed by atoms with Gasteiger partial charge in [-0.3, -0.25) is 4.98 Å². The molecule has 0 spiro atoms. The third-order valence-electron chi connectivity index (χ3n) is 2.11. The summed E-state index contributed by atoms with van der Waals surface area (Å²) in [5, 5.41) is 0. The van der Waals surface area contributed by atoms with Crippen molar-refractivity contribution >= 4 is 0 Å². The second-order valence-corrected chi connectivity index (χ2v) is 2.95. The maximum Gasteiger partial charge on any atom is 0.0375 e. The Morgan fingerprint density at radius 2 is 2.10 bits per heavy atom. The van der Waals surface area contributed by atoms with Crippen LogP contribution in [-0.2, 0) is 12.8 Å². The van der Waals surface area contributed by atoms with E-state index < -0.39 is 0 Å². The van der Waals surface area contributed by atoms with Crippen LogP contribution in [0.1, 0.15) is 23.2 Å². The summed E-state index contributed by atoms with van der Waals surface area (Å²) in [4.78, 5) is 4.25. The Bertz CT molecular complexity index is 253. The molecule has 0 N–H and O–H groups in total. The van der Waals surface area contributed by atoms with Crippen LogP contribution in [0.2, 0.25) is 0 Å². The molecule has 0 fully saturated rings. The quantitative estimate of drug-likeness (QED) is 0.526. The number of nitrogens with zero attached hydrogens (tertiary/aromatic N) is 1. The molecule has 1 aromatic heterocycles. The molecule has 1 aliphatic carbocycles. The van der Waals surface area contributed by atoms with Crippen molar-refractivity contribution in [3.8, 4) is 0 Å². The van der Waals surface area contributed by atoms with Gasteiger partial charge in [-0.05, 0) is 43.4 Å². The fourth-order valence-electron chi connectivity index (χ4n) is 1.57. The van der Waals surface area contributed by atoms with Crippen molar-refractivity contribution in [2.24, 2.45) is 0 Å². The molecule has 1 heterocycles. The van der Waals surface area contributed by atoms with E-state index in [0.717, 1.165) is 5.69 Å². The van der Waals surface area contributed by atoms with E-state index in [1.54, 1.807) is 0 Å². The average Bonchev–Trinajstić information content (AvgIpc) is 2.33. The van der Waals surface area contributed by atoms with Gasteiger partial charge in [0.2, 0.25) is 0 Å². The van der Waals surface area contributed by atoms with Crippen molar-refractivity contribution in [2.75, 3.05) is 0 Å². The molecule has 0 radical (unpaired) electrons. The van der Waals surface area contributed by atoms with Crippen LogP contribution in [0.3, 0.4) is 0 Å². The van der Waals surface area contributed by atoms with Crippen molar-refractivity contribution in [3.05, 3.63) is 29.1 Å². The molecule has 0 atom stereocenters. The van der Waals surface area contributed by atoms with Crippen LogP contribution in [0.5, 0.6) is 0 Å². The average molecular weight is 133 g/mol. The number of aromatic nitrogens is 1. The molecule has 0 saturated heterocycles. The lowest BCUT2D eigenvalue weighted by Gasteiger charge is -1.97. The number of hydrogen-bond acceptors (Lipinski definition) is 1. The highest BCUT2D eigenvalue weighted by Crippen LogP contribution is 2.20. The first-order chi connectivity index (χ1) is 4.86. The first-order valence-corrected chi connectivity index (χ1v) is 3.80. The van der Waals surface area contributed by atoms with E-state index in [1.807, 2.05) is 6.20 Å². The summed E-state index contributed by atoms with van der Waals surface area (Å²) in [6, 6.07) is 2.21. The summed E-state index contributed by atoms with van der Waals surface area (Å²) in [5.41, 5.74) is 4.14. The first kappa shape index (κ1) is 5.90. The van der Waals surface area contributed by atoms with Gasteiger partial charge in [0.1, 0.15) is 0 Å². The Labute approximate surface area is 61.1 Å². The Balaban J connectivity index is 2.52. The predicted octanol–water partition coefficient (Wildman–Crippen LogP) is 1.88. The molecule has 52 valence electrons. The highest BCUT2D eigenvalue weighted by molar-refractivity contribution is 5.29. The van der Waals surface area contributed by atoms with Crippen molar-refractivity contribution in [3.63, 3.8) is 0 Å². The van der Waals surface area contributed by atoms with Gasteiger partial charge in [0, 0.05) is 11.9 Å². The predicted molar refractivity (Wildman–Crippen MR) is 41.0 cm³/mol. The second kappa shape index (κ2) is 2.08. The van der Waals surface area contributed by atoms with E-state index in [4.69, 9.17) is 0 Å². The van der Waals surface area contributed by atoms with Gasteiger partial charge in [0.25, 0.3) is 0 Å². The SMILES string of the molecule is Cc1cc2c(cn1)CCC2. The van der Waals surface area contributed by atoms with Gasteiger partial charge in [0.05, 0.1) is 0 Å². The maximum atomic E-state index is 4.25. The molecule has 10 heavy (non-hydrogen) atoms. The van der Waals surface area contributed by atoms with Gasteiger partial charge in [-0.2, -0.15) is 0 Å². The van der Waals surface area contributed by atoms with Crippen molar-refractivity contribution in [1.29, 1.82) is 0 Å². The lowest BCUT2D eigenvalue weighted by atomic mass is 10.2. The fourth-order valence-corrected chi connectivity index (χ4v) is 1.57. The molecule has 0 aromatic carbocycles. The second-order valence-electron chi connectivity index (χ2n) is 2.95. The molecular weight excluding hydrogens is 122 g/mol. The molecule has 1 aliphatic rings. The third kappa shape index (κ3) is 0.821. The van der Waals surface area contributed by atoms with E-state index in [2.05, 4.69) is 18.0 Å². The Morgan fingerprint density at radius 3 is 3.00 bits per heavy atom. The molecular formula is C9H11N. The molecule has 1 heteroatoms. The fraction of sp³-hybridized carbons (Fsp3) is 0.444. The Kier molecular flexibility index (Phi) is 1.23. The maximum absolute atomic E-state index is 4.25. The number of fused-ring (bicyclic) bond motifs is 1. The van der Waals surface area contributed by atoms with Gasteiger partial charge in [-0.1, -0.05) is 0 Å². The summed E-state index contributed by atoms with van der Waals surface area (Å²) < 4.78 is 0. The zero-order valence-corrected chi connectivity index (χ0v) is 6.22. The first-order valence-electron chi connectivity index (χ1n) is 3.80. The van der Waals surface area contributed by atoms with Crippen LogP contribution in [0.15, 0.2) is 12.3 Å². The summed E-state index contributed by atoms with van der Waals surface area (Å²) in [7, 11) is 0. The number of pyridine rings is 1. The lowest BCUT2D eigenvalue weighted by molar-refractivity contribution is 0.911. The summed E-state index contributed by atoms with van der Waals surface area (Å²) >= 11 is 0. The molecule has 1 nitrogen and oxygen atoms in total. The molecule has 0 bridgehead atoms. The van der Waals surface area contributed by atoms with E-state index >= 15 is 0 Å². The van der Waals surface area contributed by atoms with Crippen LogP contribution in [0.25, 0.3) is 0 Å².